The number of carbonyl (C=O) groups is 5. The lowest BCUT2D eigenvalue weighted by Gasteiger charge is -2.35. The van der Waals surface area contributed by atoms with Gasteiger partial charge in [0.05, 0.1) is 68.1 Å². The Bertz CT molecular complexity index is 2660. The number of aliphatic hydroxyl groups excluding tert-OH is 1. The van der Waals surface area contributed by atoms with Gasteiger partial charge < -0.3 is 55.0 Å². The Morgan fingerprint density at radius 2 is 1.38 bits per heavy atom. The number of aliphatic imine (C=N–C) groups is 1. The molecule has 71 heavy (non-hydrogen) atoms. The highest BCUT2D eigenvalue weighted by molar-refractivity contribution is 6.07. The van der Waals surface area contributed by atoms with Crippen LogP contribution >= 0.6 is 0 Å². The van der Waals surface area contributed by atoms with Crippen molar-refractivity contribution in [3.05, 3.63) is 88.8 Å². The van der Waals surface area contributed by atoms with Gasteiger partial charge in [-0.1, -0.05) is 64.8 Å². The summed E-state index contributed by atoms with van der Waals surface area (Å²) in [5, 5.41) is 17.3. The average molecular weight is 978 g/mol. The van der Waals surface area contributed by atoms with Crippen molar-refractivity contribution in [2.45, 2.75) is 119 Å². The first-order valence-electron chi connectivity index (χ1n) is 23.8. The zero-order valence-corrected chi connectivity index (χ0v) is 42.5. The van der Waals surface area contributed by atoms with Crippen molar-refractivity contribution in [2.75, 3.05) is 37.7 Å². The predicted octanol–water partition coefficient (Wildman–Crippen LogP) is 7.46. The summed E-state index contributed by atoms with van der Waals surface area (Å²) in [6.07, 6.45) is 4.61. The molecule has 5 unspecified atom stereocenters. The molecular formula is C53H67N7O11. The van der Waals surface area contributed by atoms with E-state index in [4.69, 9.17) is 29.4 Å². The molecule has 0 saturated heterocycles. The van der Waals surface area contributed by atoms with Gasteiger partial charge in [-0.15, -0.1) is 0 Å². The van der Waals surface area contributed by atoms with E-state index in [1.165, 1.54) is 31.3 Å². The lowest BCUT2D eigenvalue weighted by molar-refractivity contribution is -0.127. The maximum absolute atomic E-state index is 14.2. The molecule has 380 valence electrons. The molecule has 4 aliphatic rings. The van der Waals surface area contributed by atoms with E-state index in [2.05, 4.69) is 43.3 Å². The number of ether oxygens (including phenoxy) is 5. The van der Waals surface area contributed by atoms with Gasteiger partial charge in [0.15, 0.2) is 29.2 Å². The minimum absolute atomic E-state index is 0.0802. The molecule has 3 aromatic rings. The fraction of sp³-hybridized carbons (Fsp3) is 0.472. The molecular weight excluding hydrogens is 911 g/mol. The van der Waals surface area contributed by atoms with Crippen LogP contribution in [0.2, 0.25) is 0 Å². The quantitative estimate of drug-likeness (QED) is 0.104. The van der Waals surface area contributed by atoms with Crippen LogP contribution in [0.15, 0.2) is 77.1 Å². The Hall–Kier alpha value is -6.92. The van der Waals surface area contributed by atoms with Crippen molar-refractivity contribution in [3.8, 4) is 23.0 Å². The van der Waals surface area contributed by atoms with Crippen LogP contribution in [0.5, 0.6) is 23.0 Å². The zero-order chi connectivity index (χ0) is 51.7. The van der Waals surface area contributed by atoms with Crippen molar-refractivity contribution in [1.82, 2.24) is 15.1 Å². The van der Waals surface area contributed by atoms with E-state index in [0.29, 0.717) is 53.4 Å². The molecule has 0 radical (unpaired) electrons. The van der Waals surface area contributed by atoms with Gasteiger partial charge in [-0.25, -0.2) is 9.69 Å². The first-order chi connectivity index (χ1) is 33.5. The number of fused-ring (bicyclic) bond motifs is 4. The van der Waals surface area contributed by atoms with Crippen molar-refractivity contribution < 1.29 is 52.8 Å². The van der Waals surface area contributed by atoms with Crippen molar-refractivity contribution in [1.29, 1.82) is 0 Å². The topological polar surface area (TPSA) is 224 Å². The van der Waals surface area contributed by atoms with Crippen LogP contribution in [0.25, 0.3) is 0 Å². The molecule has 5 amide bonds. The number of hydrogen-bond donors (Lipinski definition) is 4. The first-order valence-corrected chi connectivity index (χ1v) is 23.8. The molecule has 0 bridgehead atoms. The molecule has 0 fully saturated rings. The van der Waals surface area contributed by atoms with Crippen LogP contribution in [0, 0.1) is 16.7 Å². The second-order valence-corrected chi connectivity index (χ2v) is 20.8. The number of anilines is 2. The van der Waals surface area contributed by atoms with E-state index in [-0.39, 0.29) is 53.8 Å². The van der Waals surface area contributed by atoms with Crippen LogP contribution in [0.1, 0.15) is 108 Å². The van der Waals surface area contributed by atoms with Crippen LogP contribution in [-0.2, 0) is 20.9 Å². The third-order valence-electron chi connectivity index (χ3n) is 13.0. The molecule has 5 N–H and O–H groups in total. The lowest BCUT2D eigenvalue weighted by Crippen LogP contribution is -2.50. The number of methoxy groups -OCH3 is 2. The van der Waals surface area contributed by atoms with E-state index in [0.717, 1.165) is 22.5 Å². The summed E-state index contributed by atoms with van der Waals surface area (Å²) in [6, 6.07) is 10.5. The minimum Gasteiger partial charge on any atom is -0.493 e. The van der Waals surface area contributed by atoms with E-state index < -0.39 is 59.0 Å². The van der Waals surface area contributed by atoms with Gasteiger partial charge in [0, 0.05) is 36.4 Å². The Kier molecular flexibility index (Phi) is 15.2. The fourth-order valence-corrected chi connectivity index (χ4v) is 9.45. The highest BCUT2D eigenvalue weighted by atomic mass is 16.6. The predicted molar refractivity (Wildman–Crippen MR) is 268 cm³/mol. The highest BCUT2D eigenvalue weighted by Crippen LogP contribution is 2.44. The monoisotopic (exact) mass is 977 g/mol. The normalized spacial score (nSPS) is 19.3. The standard InChI is InChI=1S/C53H67N7O11/c1-29(2)45(54)47(62)56-32(5)46(61)57-34-14-12-33(13-15-34)25-69-51(66)60-39-21-44(42(68-11)19-37(39)49(64)59-24-31(4)17-40(59)50(60)65)71-28-53(8,9)26-52(6,7)27-70-43-20-38-36(18-41(43)67-10)48(63)58-23-30(3)16-35(58)22-55-38/h12-15,18-24,29,32,35,40,45,50,65H,16-17,25-28,54H2,1-11H3,(H,56,62)(H,57,61). The number of hydrogen-bond acceptors (Lipinski definition) is 13. The average Bonchev–Trinajstić information content (AvgIpc) is 3.86. The summed E-state index contributed by atoms with van der Waals surface area (Å²) >= 11 is 0. The number of amides is 5. The molecule has 3 aromatic carbocycles. The molecule has 4 aliphatic heterocycles. The van der Waals surface area contributed by atoms with Gasteiger partial charge in [0.25, 0.3) is 11.8 Å². The maximum Gasteiger partial charge on any atom is 0.416 e. The Balaban J connectivity index is 1.04. The number of rotatable bonds is 17. The first kappa shape index (κ1) is 51.9. The largest absolute Gasteiger partial charge is 0.493 e. The molecule has 5 atom stereocenters. The van der Waals surface area contributed by atoms with Crippen molar-refractivity contribution >= 4 is 53.0 Å². The second-order valence-electron chi connectivity index (χ2n) is 20.8. The van der Waals surface area contributed by atoms with E-state index >= 15 is 0 Å². The van der Waals surface area contributed by atoms with E-state index in [9.17, 15) is 29.1 Å². The van der Waals surface area contributed by atoms with Crippen LogP contribution < -0.4 is 40.2 Å². The lowest BCUT2D eigenvalue weighted by atomic mass is 9.76. The number of nitrogens with one attached hydrogen (secondary N) is 2. The van der Waals surface area contributed by atoms with Gasteiger partial charge >= 0.3 is 6.09 Å². The van der Waals surface area contributed by atoms with Crippen LogP contribution in [-0.4, -0.2) is 109 Å². The summed E-state index contributed by atoms with van der Waals surface area (Å²) in [4.78, 5) is 76.1. The smallest absolute Gasteiger partial charge is 0.416 e. The SMILES string of the molecule is COc1cc2c(cc1OCC(C)(C)CC(C)(C)COc1cc3c(cc1OC)C(=O)N1C=C(C)CC1C(O)N3C(=O)OCc1ccc(NC(=O)C(C)NC(=O)C(N)C(C)C)cc1)N=CC1CC(C)=CN1C2=O. The molecule has 0 saturated carbocycles. The zero-order valence-electron chi connectivity index (χ0n) is 42.5. The molecule has 0 aromatic heterocycles. The van der Waals surface area contributed by atoms with Gasteiger partial charge in [-0.2, -0.15) is 0 Å². The molecule has 0 spiro atoms. The van der Waals surface area contributed by atoms with Crippen LogP contribution in [0.3, 0.4) is 0 Å². The summed E-state index contributed by atoms with van der Waals surface area (Å²) in [7, 11) is 3.00. The summed E-state index contributed by atoms with van der Waals surface area (Å²) in [6.45, 7) is 17.6. The fourth-order valence-electron chi connectivity index (χ4n) is 9.45. The van der Waals surface area contributed by atoms with Crippen LogP contribution in [0.4, 0.5) is 21.9 Å². The third kappa shape index (κ3) is 11.5. The van der Waals surface area contributed by atoms with Crippen molar-refractivity contribution in [3.63, 3.8) is 0 Å². The second kappa shape index (κ2) is 20.8. The summed E-state index contributed by atoms with van der Waals surface area (Å²) in [5.74, 6) is -0.164. The molecule has 18 nitrogen and oxygen atoms in total. The molecule has 4 heterocycles. The van der Waals surface area contributed by atoms with Gasteiger partial charge in [0.2, 0.25) is 11.8 Å². The highest BCUT2D eigenvalue weighted by Gasteiger charge is 2.45. The Labute approximate surface area is 415 Å². The number of benzene rings is 3. The number of carbonyl (C=O) groups excluding carboxylic acids is 5. The Morgan fingerprint density at radius 3 is 2.00 bits per heavy atom. The third-order valence-corrected chi connectivity index (χ3v) is 13.0. The van der Waals surface area contributed by atoms with E-state index in [1.54, 1.807) is 60.6 Å². The van der Waals surface area contributed by atoms with Gasteiger partial charge in [-0.3, -0.25) is 24.2 Å². The summed E-state index contributed by atoms with van der Waals surface area (Å²) < 4.78 is 30.2. The number of aliphatic hydroxyl groups is 1. The van der Waals surface area contributed by atoms with Gasteiger partial charge in [0.1, 0.15) is 12.6 Å². The van der Waals surface area contributed by atoms with E-state index in [1.807, 2.05) is 33.9 Å². The Morgan fingerprint density at radius 1 is 0.803 bits per heavy atom. The number of nitrogens with two attached hydrogens (primary N) is 1. The molecule has 18 heteroatoms. The number of nitrogens with zero attached hydrogens (tertiary/aromatic N) is 4. The summed E-state index contributed by atoms with van der Waals surface area (Å²) in [5.41, 5.74) is 9.16. The molecule has 0 aliphatic carbocycles. The van der Waals surface area contributed by atoms with Gasteiger partial charge in [-0.05, 0) is 86.6 Å². The molecule has 7 rings (SSSR count). The minimum atomic E-state index is -1.50. The van der Waals surface area contributed by atoms with Crippen molar-refractivity contribution in [2.24, 2.45) is 27.5 Å². The maximum atomic E-state index is 14.2.